The second-order valence-electron chi connectivity index (χ2n) is 11.4. The Morgan fingerprint density at radius 3 is 2.16 bits per heavy atom. The van der Waals surface area contributed by atoms with Crippen LogP contribution < -0.4 is 0 Å². The highest BCUT2D eigenvalue weighted by Crippen LogP contribution is 2.33. The first kappa shape index (κ1) is 26.7. The molecule has 2 heterocycles. The van der Waals surface area contributed by atoms with Gasteiger partial charge in [-0.15, -0.1) is 0 Å². The van der Waals surface area contributed by atoms with Gasteiger partial charge in [0.25, 0.3) is 0 Å². The number of benzene rings is 6. The average molecular weight is 579 g/mol. The lowest BCUT2D eigenvalue weighted by Gasteiger charge is -2.10. The Morgan fingerprint density at radius 2 is 1.27 bits per heavy atom. The quantitative estimate of drug-likeness (QED) is 0.155. The number of nitrogens with one attached hydrogen (secondary N) is 1. The number of H-pyrrole nitrogens is 1. The molecule has 0 saturated carbocycles. The van der Waals surface area contributed by atoms with Crippen LogP contribution in [0, 0.1) is 0 Å². The fourth-order valence-electron chi connectivity index (χ4n) is 6.17. The molecule has 0 saturated heterocycles. The monoisotopic (exact) mass is 578 g/mol. The minimum atomic E-state index is 0.841. The van der Waals surface area contributed by atoms with Gasteiger partial charge in [-0.2, -0.15) is 0 Å². The van der Waals surface area contributed by atoms with E-state index in [2.05, 4.69) is 140 Å². The van der Waals surface area contributed by atoms with E-state index in [1.54, 1.807) is 0 Å². The maximum Gasteiger partial charge on any atom is 0.136 e. The molecule has 6 aromatic carbocycles. The standard InChI is InChI=1S/C42H30N2O/c1-27(30-19-22-37-36-16-7-9-18-41(36)45-42(37)26-30)23-39(33-20-21-35-34-15-6-8-17-38(34)44-40(35)25-33)43-28(2)31-13-10-14-32(24-31)29-11-4-3-5-12-29/h3-26,44H,1H2,2H3/b39-23-,43-28?. The number of rotatable bonds is 6. The van der Waals surface area contributed by atoms with Gasteiger partial charge in [0.05, 0.1) is 5.70 Å². The Labute approximate surface area is 261 Å². The van der Waals surface area contributed by atoms with Crippen LogP contribution in [0.3, 0.4) is 0 Å². The number of nitrogens with zero attached hydrogens (tertiary/aromatic N) is 1. The minimum absolute atomic E-state index is 0.841. The summed E-state index contributed by atoms with van der Waals surface area (Å²) in [6.45, 7) is 6.56. The van der Waals surface area contributed by atoms with Gasteiger partial charge >= 0.3 is 0 Å². The van der Waals surface area contributed by atoms with Crippen LogP contribution >= 0.6 is 0 Å². The number of hydrogen-bond acceptors (Lipinski definition) is 2. The van der Waals surface area contributed by atoms with Crippen LogP contribution in [0.2, 0.25) is 0 Å². The lowest BCUT2D eigenvalue weighted by Crippen LogP contribution is -1.97. The van der Waals surface area contributed by atoms with Crippen molar-refractivity contribution in [2.45, 2.75) is 6.92 Å². The number of hydrogen-bond donors (Lipinski definition) is 1. The average Bonchev–Trinajstić information content (AvgIpc) is 3.66. The molecule has 0 aliphatic rings. The highest BCUT2D eigenvalue weighted by atomic mass is 16.3. The first-order valence-corrected chi connectivity index (χ1v) is 15.1. The zero-order chi connectivity index (χ0) is 30.3. The van der Waals surface area contributed by atoms with E-state index < -0.39 is 0 Å². The summed E-state index contributed by atoms with van der Waals surface area (Å²) in [5.74, 6) is 0. The molecule has 0 atom stereocenters. The van der Waals surface area contributed by atoms with Crippen LogP contribution in [0.5, 0.6) is 0 Å². The minimum Gasteiger partial charge on any atom is -0.456 e. The van der Waals surface area contributed by atoms with E-state index in [-0.39, 0.29) is 0 Å². The van der Waals surface area contributed by atoms with Crippen LogP contribution in [-0.2, 0) is 0 Å². The molecule has 0 spiro atoms. The van der Waals surface area contributed by atoms with Crippen molar-refractivity contribution in [3.8, 4) is 11.1 Å². The van der Waals surface area contributed by atoms with Crippen LogP contribution in [0.4, 0.5) is 0 Å². The topological polar surface area (TPSA) is 41.3 Å². The number of aromatic nitrogens is 1. The van der Waals surface area contributed by atoms with Crippen molar-refractivity contribution in [3.63, 3.8) is 0 Å². The highest BCUT2D eigenvalue weighted by Gasteiger charge is 2.12. The lowest BCUT2D eigenvalue weighted by molar-refractivity contribution is 0.669. The summed E-state index contributed by atoms with van der Waals surface area (Å²) < 4.78 is 6.19. The molecule has 0 amide bonds. The Hall–Kier alpha value is -5.93. The Bertz CT molecular complexity index is 2450. The second kappa shape index (κ2) is 11.0. The summed E-state index contributed by atoms with van der Waals surface area (Å²) in [6.07, 6.45) is 2.08. The third-order valence-corrected chi connectivity index (χ3v) is 8.54. The molecule has 0 bridgehead atoms. The SMILES string of the molecule is C=C(/C=C(\N=C(C)c1cccc(-c2ccccc2)c1)c1ccc2c(c1)[nH]c1ccccc12)c1ccc2c(c1)oc1ccccc12. The molecule has 214 valence electrons. The van der Waals surface area contributed by atoms with E-state index >= 15 is 0 Å². The van der Waals surface area contributed by atoms with Gasteiger partial charge < -0.3 is 9.40 Å². The van der Waals surface area contributed by atoms with Gasteiger partial charge in [-0.1, -0.05) is 110 Å². The van der Waals surface area contributed by atoms with Crippen LogP contribution in [0.25, 0.3) is 66.1 Å². The molecular formula is C42H30N2O. The molecule has 3 heteroatoms. The predicted molar refractivity (Wildman–Crippen MR) is 191 cm³/mol. The molecule has 0 aliphatic heterocycles. The van der Waals surface area contributed by atoms with E-state index in [1.165, 1.54) is 16.3 Å². The number of fused-ring (bicyclic) bond motifs is 6. The summed E-state index contributed by atoms with van der Waals surface area (Å²) in [4.78, 5) is 8.85. The van der Waals surface area contributed by atoms with Crippen molar-refractivity contribution in [1.82, 2.24) is 4.98 Å². The van der Waals surface area contributed by atoms with E-state index in [9.17, 15) is 0 Å². The van der Waals surface area contributed by atoms with Crippen LogP contribution in [-0.4, -0.2) is 10.7 Å². The molecule has 2 aromatic heterocycles. The Balaban J connectivity index is 1.24. The molecule has 45 heavy (non-hydrogen) atoms. The van der Waals surface area contributed by atoms with Crippen molar-refractivity contribution in [3.05, 3.63) is 169 Å². The van der Waals surface area contributed by atoms with Gasteiger partial charge in [0.15, 0.2) is 0 Å². The smallest absolute Gasteiger partial charge is 0.136 e. The summed E-state index contributed by atoms with van der Waals surface area (Å²) in [5.41, 5.74) is 12.0. The van der Waals surface area contributed by atoms with Crippen LogP contribution in [0.15, 0.2) is 162 Å². The molecule has 0 radical (unpaired) electrons. The van der Waals surface area contributed by atoms with E-state index in [4.69, 9.17) is 9.41 Å². The van der Waals surface area contributed by atoms with Crippen molar-refractivity contribution < 1.29 is 4.42 Å². The number of allylic oxidation sites excluding steroid dienone is 2. The first-order valence-electron chi connectivity index (χ1n) is 15.1. The van der Waals surface area contributed by atoms with E-state index in [0.717, 1.165) is 72.2 Å². The lowest BCUT2D eigenvalue weighted by atomic mass is 10.00. The molecule has 0 aliphatic carbocycles. The van der Waals surface area contributed by atoms with E-state index in [1.807, 2.05) is 24.3 Å². The van der Waals surface area contributed by atoms with Gasteiger partial charge in [0.2, 0.25) is 0 Å². The third-order valence-electron chi connectivity index (χ3n) is 8.54. The van der Waals surface area contributed by atoms with Crippen molar-refractivity contribution in [1.29, 1.82) is 0 Å². The first-order chi connectivity index (χ1) is 22.1. The number of furan rings is 1. The van der Waals surface area contributed by atoms with Gasteiger partial charge in [-0.05, 0) is 77.2 Å². The number of para-hydroxylation sites is 2. The molecule has 8 rings (SSSR count). The third kappa shape index (κ3) is 4.95. The van der Waals surface area contributed by atoms with Gasteiger partial charge in [-0.3, -0.25) is 4.99 Å². The second-order valence-corrected chi connectivity index (χ2v) is 11.4. The molecule has 0 unspecified atom stereocenters. The predicted octanol–water partition coefficient (Wildman–Crippen LogP) is 11.5. The Kier molecular flexibility index (Phi) is 6.50. The summed E-state index contributed by atoms with van der Waals surface area (Å²) in [7, 11) is 0. The summed E-state index contributed by atoms with van der Waals surface area (Å²) >= 11 is 0. The fourth-order valence-corrected chi connectivity index (χ4v) is 6.17. The molecular weight excluding hydrogens is 548 g/mol. The maximum absolute atomic E-state index is 6.19. The van der Waals surface area contributed by atoms with Crippen molar-refractivity contribution in [2.75, 3.05) is 0 Å². The highest BCUT2D eigenvalue weighted by molar-refractivity contribution is 6.09. The zero-order valence-corrected chi connectivity index (χ0v) is 24.9. The molecule has 1 N–H and O–H groups in total. The van der Waals surface area contributed by atoms with Gasteiger partial charge in [-0.25, -0.2) is 0 Å². The Morgan fingerprint density at radius 1 is 0.578 bits per heavy atom. The largest absolute Gasteiger partial charge is 0.456 e. The van der Waals surface area contributed by atoms with Crippen molar-refractivity contribution >= 4 is 60.7 Å². The summed E-state index contributed by atoms with van der Waals surface area (Å²) in [6, 6.07) is 48.4. The van der Waals surface area contributed by atoms with E-state index in [0.29, 0.717) is 0 Å². The molecule has 0 fully saturated rings. The maximum atomic E-state index is 6.19. The zero-order valence-electron chi connectivity index (χ0n) is 24.9. The number of aliphatic imine (C=N–C) groups is 1. The van der Waals surface area contributed by atoms with Crippen molar-refractivity contribution in [2.24, 2.45) is 4.99 Å². The number of aromatic amines is 1. The molecule has 8 aromatic rings. The van der Waals surface area contributed by atoms with Gasteiger partial charge in [0.1, 0.15) is 11.2 Å². The fraction of sp³-hybridized carbons (Fsp3) is 0.0238. The summed E-state index contributed by atoms with van der Waals surface area (Å²) in [5, 5.41) is 4.62. The normalized spacial score (nSPS) is 12.5. The molecule has 3 nitrogen and oxygen atoms in total. The van der Waals surface area contributed by atoms with Gasteiger partial charge in [0, 0.05) is 43.9 Å². The van der Waals surface area contributed by atoms with Crippen LogP contribution in [0.1, 0.15) is 23.6 Å².